The number of anilines is 1. The van der Waals surface area contributed by atoms with E-state index < -0.39 is 42.5 Å². The molecule has 0 unspecified atom stereocenters. The fraction of sp³-hybridized carbons (Fsp3) is 0.615. The van der Waals surface area contributed by atoms with Crippen LogP contribution >= 0.6 is 0 Å². The normalized spacial score (nSPS) is 27.7. The lowest BCUT2D eigenvalue weighted by Gasteiger charge is -2.32. The summed E-state index contributed by atoms with van der Waals surface area (Å²) < 4.78 is 6.37. The Labute approximate surface area is 136 Å². The number of amides is 1. The van der Waals surface area contributed by atoms with E-state index in [0.717, 1.165) is 9.47 Å². The van der Waals surface area contributed by atoms with Crippen LogP contribution in [-0.4, -0.2) is 65.5 Å². The van der Waals surface area contributed by atoms with Gasteiger partial charge in [-0.05, 0) is 19.4 Å². The quantitative estimate of drug-likeness (QED) is 0.440. The largest absolute Gasteiger partial charge is 0.465 e. The Morgan fingerprint density at radius 1 is 1.50 bits per heavy atom. The van der Waals surface area contributed by atoms with E-state index in [1.807, 2.05) is 0 Å². The molecule has 0 aromatic carbocycles. The molecule has 5 atom stereocenters. The zero-order chi connectivity index (χ0) is 18.0. The van der Waals surface area contributed by atoms with Crippen molar-refractivity contribution < 1.29 is 30.1 Å². The molecule has 0 radical (unpaired) electrons. The van der Waals surface area contributed by atoms with Crippen LogP contribution in [0.1, 0.15) is 26.5 Å². The zero-order valence-corrected chi connectivity index (χ0v) is 13.1. The lowest BCUT2D eigenvalue weighted by atomic mass is 10.1. The van der Waals surface area contributed by atoms with Crippen LogP contribution in [0.4, 0.5) is 10.6 Å². The molecule has 134 valence electrons. The maximum absolute atomic E-state index is 11.9. The second-order valence-corrected chi connectivity index (χ2v) is 5.46. The van der Waals surface area contributed by atoms with Crippen LogP contribution < -0.4 is 11.2 Å². The van der Waals surface area contributed by atoms with Crippen molar-refractivity contribution in [3.8, 4) is 0 Å². The third-order valence-corrected chi connectivity index (χ3v) is 3.99. The molecule has 1 aliphatic rings. The number of aliphatic hydroxyl groups excluding tert-OH is 2. The van der Waals surface area contributed by atoms with Gasteiger partial charge in [-0.2, -0.15) is 4.98 Å². The molecule has 24 heavy (non-hydrogen) atoms. The average molecular weight is 344 g/mol. The molecule has 1 amide bonds. The number of ether oxygens (including phenoxy) is 1. The molecular formula is C13H20N4O7. The SMILES string of the molecule is CC[C@@H](C)N(C(=O)O)[C@@H]1O[C@@H](n2ccc(NO)nc2=O)[C@H](O)[C@@H]1O. The number of hydrogen-bond acceptors (Lipinski definition) is 8. The number of carbonyl (C=O) groups is 1. The summed E-state index contributed by atoms with van der Waals surface area (Å²) >= 11 is 0. The van der Waals surface area contributed by atoms with E-state index in [0.29, 0.717) is 6.42 Å². The number of rotatable bonds is 5. The van der Waals surface area contributed by atoms with Crippen LogP contribution in [0.25, 0.3) is 0 Å². The molecule has 2 rings (SSSR count). The van der Waals surface area contributed by atoms with E-state index in [1.165, 1.54) is 12.3 Å². The van der Waals surface area contributed by atoms with Crippen molar-refractivity contribution in [2.75, 3.05) is 5.48 Å². The zero-order valence-electron chi connectivity index (χ0n) is 13.1. The average Bonchev–Trinajstić information content (AvgIpc) is 2.83. The Morgan fingerprint density at radius 3 is 2.67 bits per heavy atom. The molecule has 5 N–H and O–H groups in total. The molecule has 0 saturated carbocycles. The lowest BCUT2D eigenvalue weighted by Crippen LogP contribution is -2.50. The highest BCUT2D eigenvalue weighted by Crippen LogP contribution is 2.31. The second kappa shape index (κ2) is 7.13. The van der Waals surface area contributed by atoms with Gasteiger partial charge in [-0.3, -0.25) is 20.2 Å². The van der Waals surface area contributed by atoms with Crippen LogP contribution in [-0.2, 0) is 4.74 Å². The van der Waals surface area contributed by atoms with E-state index in [9.17, 15) is 24.9 Å². The predicted octanol–water partition coefficient (Wildman–Crippen LogP) is -0.600. The van der Waals surface area contributed by atoms with Crippen molar-refractivity contribution in [3.63, 3.8) is 0 Å². The highest BCUT2D eigenvalue weighted by Gasteiger charge is 2.49. The molecule has 11 heteroatoms. The topological polar surface area (TPSA) is 157 Å². The van der Waals surface area contributed by atoms with Gasteiger partial charge in [-0.1, -0.05) is 6.92 Å². The van der Waals surface area contributed by atoms with Gasteiger partial charge in [-0.15, -0.1) is 0 Å². The molecule has 1 saturated heterocycles. The molecule has 1 aromatic rings. The molecule has 1 fully saturated rings. The molecule has 11 nitrogen and oxygen atoms in total. The van der Waals surface area contributed by atoms with E-state index in [2.05, 4.69) is 4.98 Å². The summed E-state index contributed by atoms with van der Waals surface area (Å²) in [4.78, 5) is 27.8. The Morgan fingerprint density at radius 2 is 2.17 bits per heavy atom. The van der Waals surface area contributed by atoms with Gasteiger partial charge in [-0.25, -0.2) is 9.59 Å². The Kier molecular flexibility index (Phi) is 5.39. The standard InChI is InChI=1S/C13H20N4O7/c1-3-6(2)17(13(21)22)11-9(19)8(18)10(24-11)16-5-4-7(15-23)14-12(16)20/h4-6,8-11,18-19,23H,3H2,1-2H3,(H,21,22)(H,14,15,20)/t6-,8-,9+,10-,11-/m1/s1. The van der Waals surface area contributed by atoms with Gasteiger partial charge in [0, 0.05) is 12.2 Å². The van der Waals surface area contributed by atoms with Gasteiger partial charge < -0.3 is 20.1 Å². The second-order valence-electron chi connectivity index (χ2n) is 5.46. The highest BCUT2D eigenvalue weighted by molar-refractivity contribution is 5.65. The van der Waals surface area contributed by atoms with Gasteiger partial charge in [0.1, 0.15) is 12.2 Å². The van der Waals surface area contributed by atoms with Crippen molar-refractivity contribution in [2.45, 2.75) is 51.0 Å². The number of aromatic nitrogens is 2. The summed E-state index contributed by atoms with van der Waals surface area (Å²) in [5, 5.41) is 38.4. The molecular weight excluding hydrogens is 324 g/mol. The van der Waals surface area contributed by atoms with Gasteiger partial charge >= 0.3 is 11.8 Å². The Hall–Kier alpha value is -2.21. The summed E-state index contributed by atoms with van der Waals surface area (Å²) in [5.41, 5.74) is 0.856. The number of nitrogens with zero attached hydrogens (tertiary/aromatic N) is 3. The van der Waals surface area contributed by atoms with E-state index >= 15 is 0 Å². The number of aliphatic hydroxyl groups is 2. The highest BCUT2D eigenvalue weighted by atomic mass is 16.6. The number of hydrogen-bond donors (Lipinski definition) is 5. The van der Waals surface area contributed by atoms with Crippen LogP contribution in [0.15, 0.2) is 17.1 Å². The molecule has 2 heterocycles. The van der Waals surface area contributed by atoms with Gasteiger partial charge in [0.05, 0.1) is 0 Å². The van der Waals surface area contributed by atoms with Gasteiger partial charge in [0.15, 0.2) is 18.3 Å². The first-order chi connectivity index (χ1) is 11.3. The van der Waals surface area contributed by atoms with Crippen LogP contribution in [0.2, 0.25) is 0 Å². The van der Waals surface area contributed by atoms with E-state index in [4.69, 9.17) is 9.94 Å². The Balaban J connectivity index is 2.33. The monoisotopic (exact) mass is 344 g/mol. The lowest BCUT2D eigenvalue weighted by molar-refractivity contribution is -0.108. The maximum Gasteiger partial charge on any atom is 0.409 e. The summed E-state index contributed by atoms with van der Waals surface area (Å²) in [6, 6.07) is 0.782. The minimum absolute atomic E-state index is 0.104. The van der Waals surface area contributed by atoms with Crippen molar-refractivity contribution >= 4 is 11.9 Å². The summed E-state index contributed by atoms with van der Waals surface area (Å²) in [6.07, 6.45) is -5.37. The third kappa shape index (κ3) is 3.19. The van der Waals surface area contributed by atoms with Crippen LogP contribution in [0.5, 0.6) is 0 Å². The maximum atomic E-state index is 11.9. The molecule has 0 bridgehead atoms. The summed E-state index contributed by atoms with van der Waals surface area (Å²) in [5.74, 6) is -0.104. The molecule has 1 aromatic heterocycles. The van der Waals surface area contributed by atoms with Crippen molar-refractivity contribution in [2.24, 2.45) is 0 Å². The fourth-order valence-electron chi connectivity index (χ4n) is 2.51. The predicted molar refractivity (Wildman–Crippen MR) is 79.4 cm³/mol. The fourth-order valence-corrected chi connectivity index (χ4v) is 2.51. The number of carboxylic acid groups (broad SMARTS) is 1. The van der Waals surface area contributed by atoms with Crippen molar-refractivity contribution in [3.05, 3.63) is 22.7 Å². The molecule has 0 spiro atoms. The van der Waals surface area contributed by atoms with Crippen molar-refractivity contribution in [1.82, 2.24) is 14.5 Å². The molecule has 1 aliphatic heterocycles. The van der Waals surface area contributed by atoms with Crippen LogP contribution in [0, 0.1) is 0 Å². The third-order valence-electron chi connectivity index (χ3n) is 3.99. The van der Waals surface area contributed by atoms with E-state index in [-0.39, 0.29) is 5.82 Å². The first-order valence-corrected chi connectivity index (χ1v) is 7.34. The van der Waals surface area contributed by atoms with E-state index in [1.54, 1.807) is 19.3 Å². The summed E-state index contributed by atoms with van der Waals surface area (Å²) in [6.45, 7) is 3.41. The first-order valence-electron chi connectivity index (χ1n) is 7.34. The number of nitrogens with one attached hydrogen (secondary N) is 1. The summed E-state index contributed by atoms with van der Waals surface area (Å²) in [7, 11) is 0. The minimum atomic E-state index is -1.54. The first kappa shape index (κ1) is 18.1. The van der Waals surface area contributed by atoms with Crippen molar-refractivity contribution in [1.29, 1.82) is 0 Å². The smallest absolute Gasteiger partial charge is 0.409 e. The Bertz CT molecular complexity index is 651. The van der Waals surface area contributed by atoms with Crippen LogP contribution in [0.3, 0.4) is 0 Å². The van der Waals surface area contributed by atoms with Gasteiger partial charge in [0.2, 0.25) is 0 Å². The minimum Gasteiger partial charge on any atom is -0.465 e. The van der Waals surface area contributed by atoms with Gasteiger partial charge in [0.25, 0.3) is 0 Å². The molecule has 0 aliphatic carbocycles.